The van der Waals surface area contributed by atoms with Crippen LogP contribution in [0.4, 0.5) is 0 Å². The third-order valence-corrected chi connectivity index (χ3v) is 2.52. The summed E-state index contributed by atoms with van der Waals surface area (Å²) in [5.74, 6) is 0.342. The van der Waals surface area contributed by atoms with Gasteiger partial charge in [0.2, 0.25) is 0 Å². The summed E-state index contributed by atoms with van der Waals surface area (Å²) >= 11 is 0. The lowest BCUT2D eigenvalue weighted by Crippen LogP contribution is -1.93. The molecule has 0 atom stereocenters. The predicted octanol–water partition coefficient (Wildman–Crippen LogP) is 1.45. The SMILES string of the molecule is C[S+](C)c1ccc(O)cc1.[OH-]. The van der Waals surface area contributed by atoms with Crippen molar-refractivity contribution in [2.24, 2.45) is 0 Å². The van der Waals surface area contributed by atoms with Crippen LogP contribution in [0.3, 0.4) is 0 Å². The molecule has 0 heterocycles. The molecule has 1 rings (SSSR count). The number of hydrogen-bond acceptors (Lipinski definition) is 2. The molecule has 62 valence electrons. The Morgan fingerprint density at radius 3 is 1.91 bits per heavy atom. The number of phenolic OH excluding ortho intramolecular Hbond substituents is 1. The van der Waals surface area contributed by atoms with Crippen molar-refractivity contribution in [2.75, 3.05) is 12.5 Å². The Balaban J connectivity index is 0.000001000. The minimum absolute atomic E-state index is 0. The largest absolute Gasteiger partial charge is 0.870 e. The lowest BCUT2D eigenvalue weighted by atomic mass is 10.3. The van der Waals surface area contributed by atoms with Crippen molar-refractivity contribution in [1.29, 1.82) is 0 Å². The lowest BCUT2D eigenvalue weighted by Gasteiger charge is -1.94. The molecule has 1 aromatic carbocycles. The van der Waals surface area contributed by atoms with E-state index in [0.717, 1.165) is 0 Å². The summed E-state index contributed by atoms with van der Waals surface area (Å²) in [5, 5.41) is 8.94. The Bertz CT molecular complexity index is 206. The number of aromatic hydroxyl groups is 1. The fourth-order valence-corrected chi connectivity index (χ4v) is 1.40. The zero-order chi connectivity index (χ0) is 7.56. The van der Waals surface area contributed by atoms with E-state index in [-0.39, 0.29) is 5.48 Å². The summed E-state index contributed by atoms with van der Waals surface area (Å²) in [5.41, 5.74) is 0. The van der Waals surface area contributed by atoms with Crippen LogP contribution in [0.5, 0.6) is 5.75 Å². The molecule has 1 aromatic rings. The zero-order valence-corrected chi connectivity index (χ0v) is 7.43. The van der Waals surface area contributed by atoms with Crippen molar-refractivity contribution < 1.29 is 10.6 Å². The summed E-state index contributed by atoms with van der Waals surface area (Å²) in [7, 11) is 0.302. The monoisotopic (exact) mass is 172 g/mol. The van der Waals surface area contributed by atoms with Gasteiger partial charge in [0.15, 0.2) is 4.90 Å². The van der Waals surface area contributed by atoms with E-state index in [1.807, 2.05) is 12.1 Å². The standard InChI is InChI=1S/C8H10OS.H2O/c1-10(2)8-5-3-7(9)4-6-8;/h3-6H,1-2H3;1H2. The topological polar surface area (TPSA) is 50.2 Å². The number of phenols is 1. The van der Waals surface area contributed by atoms with Gasteiger partial charge in [0.05, 0.1) is 0 Å². The third-order valence-electron chi connectivity index (χ3n) is 1.31. The average molecular weight is 172 g/mol. The van der Waals surface area contributed by atoms with Crippen LogP contribution in [-0.2, 0) is 10.9 Å². The average Bonchev–Trinajstić information content (AvgIpc) is 1.88. The van der Waals surface area contributed by atoms with Crippen LogP contribution >= 0.6 is 0 Å². The van der Waals surface area contributed by atoms with E-state index in [0.29, 0.717) is 16.6 Å². The van der Waals surface area contributed by atoms with Crippen molar-refractivity contribution in [2.45, 2.75) is 4.90 Å². The Hall–Kier alpha value is -0.670. The van der Waals surface area contributed by atoms with E-state index in [2.05, 4.69) is 12.5 Å². The fourth-order valence-electron chi connectivity index (χ4n) is 0.718. The molecule has 0 unspecified atom stereocenters. The van der Waals surface area contributed by atoms with Crippen molar-refractivity contribution in [3.05, 3.63) is 24.3 Å². The molecule has 11 heavy (non-hydrogen) atoms. The Morgan fingerprint density at radius 1 is 1.09 bits per heavy atom. The summed E-state index contributed by atoms with van der Waals surface area (Å²) in [4.78, 5) is 1.29. The molecular weight excluding hydrogens is 160 g/mol. The van der Waals surface area contributed by atoms with Crippen LogP contribution in [0, 0.1) is 0 Å². The molecule has 0 fully saturated rings. The zero-order valence-electron chi connectivity index (χ0n) is 6.61. The van der Waals surface area contributed by atoms with Gasteiger partial charge in [0.1, 0.15) is 18.3 Å². The normalized spacial score (nSPS) is 9.36. The smallest absolute Gasteiger partial charge is 0.154 e. The van der Waals surface area contributed by atoms with E-state index in [9.17, 15) is 0 Å². The van der Waals surface area contributed by atoms with Crippen LogP contribution < -0.4 is 0 Å². The molecule has 0 aliphatic heterocycles. The minimum Gasteiger partial charge on any atom is -0.870 e. The highest BCUT2D eigenvalue weighted by atomic mass is 32.2. The summed E-state index contributed by atoms with van der Waals surface area (Å²) in [6.07, 6.45) is 4.32. The first-order chi connectivity index (χ1) is 4.70. The van der Waals surface area contributed by atoms with Crippen LogP contribution in [0.1, 0.15) is 0 Å². The molecule has 0 bridgehead atoms. The van der Waals surface area contributed by atoms with E-state index in [1.165, 1.54) is 4.90 Å². The number of rotatable bonds is 1. The van der Waals surface area contributed by atoms with Crippen molar-refractivity contribution in [3.63, 3.8) is 0 Å². The van der Waals surface area contributed by atoms with E-state index in [1.54, 1.807) is 12.1 Å². The van der Waals surface area contributed by atoms with E-state index in [4.69, 9.17) is 5.11 Å². The summed E-state index contributed by atoms with van der Waals surface area (Å²) in [6.45, 7) is 0. The second kappa shape index (κ2) is 4.26. The molecule has 0 aliphatic carbocycles. The van der Waals surface area contributed by atoms with E-state index >= 15 is 0 Å². The maximum atomic E-state index is 8.94. The van der Waals surface area contributed by atoms with Gasteiger partial charge in [-0.3, -0.25) is 0 Å². The molecule has 0 aromatic heterocycles. The van der Waals surface area contributed by atoms with Crippen LogP contribution in [-0.4, -0.2) is 23.1 Å². The Morgan fingerprint density at radius 2 is 1.55 bits per heavy atom. The van der Waals surface area contributed by atoms with Crippen molar-refractivity contribution in [1.82, 2.24) is 0 Å². The first-order valence-electron chi connectivity index (χ1n) is 3.07. The van der Waals surface area contributed by atoms with Gasteiger partial charge >= 0.3 is 0 Å². The van der Waals surface area contributed by atoms with Gasteiger partial charge in [-0.1, -0.05) is 0 Å². The highest BCUT2D eigenvalue weighted by Gasteiger charge is 2.05. The summed E-state index contributed by atoms with van der Waals surface area (Å²) in [6, 6.07) is 7.36. The van der Waals surface area contributed by atoms with Gasteiger partial charge < -0.3 is 10.6 Å². The first kappa shape index (κ1) is 10.3. The highest BCUT2D eigenvalue weighted by molar-refractivity contribution is 7.95. The number of hydrogen-bond donors (Lipinski definition) is 1. The molecular formula is C8H12O2S. The molecule has 0 aliphatic rings. The van der Waals surface area contributed by atoms with Gasteiger partial charge in [0, 0.05) is 10.9 Å². The first-order valence-corrected chi connectivity index (χ1v) is 5.11. The molecule has 2 nitrogen and oxygen atoms in total. The second-order valence-electron chi connectivity index (χ2n) is 2.31. The quantitative estimate of drug-likeness (QED) is 0.652. The summed E-state index contributed by atoms with van der Waals surface area (Å²) < 4.78 is 0. The van der Waals surface area contributed by atoms with Crippen LogP contribution in [0.2, 0.25) is 0 Å². The van der Waals surface area contributed by atoms with Gasteiger partial charge in [-0.25, -0.2) is 0 Å². The molecule has 2 N–H and O–H groups in total. The van der Waals surface area contributed by atoms with Crippen LogP contribution in [0.25, 0.3) is 0 Å². The molecule has 0 radical (unpaired) electrons. The Kier molecular flexibility index (Phi) is 4.00. The third kappa shape index (κ3) is 2.82. The van der Waals surface area contributed by atoms with Crippen molar-refractivity contribution in [3.8, 4) is 5.75 Å². The van der Waals surface area contributed by atoms with Crippen molar-refractivity contribution >= 4 is 10.9 Å². The lowest BCUT2D eigenvalue weighted by molar-refractivity contribution is 0.475. The number of benzene rings is 1. The van der Waals surface area contributed by atoms with E-state index < -0.39 is 0 Å². The fraction of sp³-hybridized carbons (Fsp3) is 0.250. The van der Waals surface area contributed by atoms with Crippen LogP contribution in [0.15, 0.2) is 29.2 Å². The molecule has 3 heteroatoms. The predicted molar refractivity (Wildman–Crippen MR) is 47.5 cm³/mol. The molecule has 0 amide bonds. The highest BCUT2D eigenvalue weighted by Crippen LogP contribution is 2.13. The molecule has 0 saturated carbocycles. The van der Waals surface area contributed by atoms with Gasteiger partial charge in [-0.05, 0) is 24.3 Å². The maximum Gasteiger partial charge on any atom is 0.154 e. The van der Waals surface area contributed by atoms with Gasteiger partial charge in [-0.15, -0.1) is 0 Å². The molecule has 0 saturated heterocycles. The maximum absolute atomic E-state index is 8.94. The van der Waals surface area contributed by atoms with Gasteiger partial charge in [0.25, 0.3) is 0 Å². The molecule has 0 spiro atoms. The second-order valence-corrected chi connectivity index (χ2v) is 4.41. The minimum atomic E-state index is 0. The van der Waals surface area contributed by atoms with Gasteiger partial charge in [-0.2, -0.15) is 0 Å². The Labute approximate surface area is 69.5 Å².